The Balaban J connectivity index is 1.97. The molecule has 1 atom stereocenters. The van der Waals surface area contributed by atoms with Crippen molar-refractivity contribution in [2.75, 3.05) is 13.1 Å². The fraction of sp³-hybridized carbons (Fsp3) is 0.333. The van der Waals surface area contributed by atoms with Crippen molar-refractivity contribution in [3.8, 4) is 5.69 Å². The average Bonchev–Trinajstić information content (AvgIpc) is 3.00. The lowest BCUT2D eigenvalue weighted by Gasteiger charge is -2.10. The highest BCUT2D eigenvalue weighted by molar-refractivity contribution is 5.33. The minimum Gasteiger partial charge on any atom is -0.316 e. The monoisotopic (exact) mass is 232 g/mol. The maximum absolute atomic E-state index is 12.9. The van der Waals surface area contributed by atoms with E-state index >= 15 is 0 Å². The summed E-state index contributed by atoms with van der Waals surface area (Å²) in [6, 6.07) is 6.38. The summed E-state index contributed by atoms with van der Waals surface area (Å²) in [6.45, 7) is 1.95. The summed E-state index contributed by atoms with van der Waals surface area (Å²) in [5.74, 6) is 1.11. The highest BCUT2D eigenvalue weighted by Crippen LogP contribution is 2.22. The van der Waals surface area contributed by atoms with Crippen molar-refractivity contribution in [3.63, 3.8) is 0 Å². The predicted octanol–water partition coefficient (Wildman–Crippen LogP) is 1.48. The Kier molecular flexibility index (Phi) is 2.60. The first-order valence-electron chi connectivity index (χ1n) is 5.71. The molecule has 1 N–H and O–H groups in total. The Bertz CT molecular complexity index is 499. The van der Waals surface area contributed by atoms with E-state index in [2.05, 4.69) is 15.5 Å². The lowest BCUT2D eigenvalue weighted by Crippen LogP contribution is -2.11. The van der Waals surface area contributed by atoms with E-state index < -0.39 is 0 Å². The molecule has 1 fully saturated rings. The standard InChI is InChI=1S/C12H13FN4/c13-10-1-3-11(4-2-10)17-8-15-16-12(17)9-5-6-14-7-9/h1-4,8-9,14H,5-7H2. The molecule has 3 rings (SSSR count). The smallest absolute Gasteiger partial charge is 0.141 e. The Morgan fingerprint density at radius 1 is 1.29 bits per heavy atom. The van der Waals surface area contributed by atoms with E-state index in [1.807, 2.05) is 4.57 Å². The Hall–Kier alpha value is -1.75. The zero-order valence-corrected chi connectivity index (χ0v) is 9.31. The number of hydrogen-bond acceptors (Lipinski definition) is 3. The molecule has 88 valence electrons. The molecule has 2 aromatic rings. The van der Waals surface area contributed by atoms with Gasteiger partial charge in [-0.1, -0.05) is 0 Å². The van der Waals surface area contributed by atoms with Gasteiger partial charge in [0.05, 0.1) is 0 Å². The minimum atomic E-state index is -0.231. The third-order valence-corrected chi connectivity index (χ3v) is 3.10. The molecule has 0 spiro atoms. The van der Waals surface area contributed by atoms with Gasteiger partial charge >= 0.3 is 0 Å². The van der Waals surface area contributed by atoms with Crippen molar-refractivity contribution in [1.82, 2.24) is 20.1 Å². The van der Waals surface area contributed by atoms with Crippen LogP contribution in [0.1, 0.15) is 18.2 Å². The Morgan fingerprint density at radius 3 is 2.82 bits per heavy atom. The van der Waals surface area contributed by atoms with Gasteiger partial charge in [-0.25, -0.2) is 4.39 Å². The summed E-state index contributed by atoms with van der Waals surface area (Å²) in [5, 5.41) is 11.4. The summed E-state index contributed by atoms with van der Waals surface area (Å²) in [4.78, 5) is 0. The predicted molar refractivity (Wildman–Crippen MR) is 61.5 cm³/mol. The summed E-state index contributed by atoms with van der Waals surface area (Å²) in [5.41, 5.74) is 0.901. The quantitative estimate of drug-likeness (QED) is 0.853. The number of hydrogen-bond donors (Lipinski definition) is 1. The van der Waals surface area contributed by atoms with Crippen molar-refractivity contribution in [2.24, 2.45) is 0 Å². The molecule has 5 heteroatoms. The molecule has 4 nitrogen and oxygen atoms in total. The fourth-order valence-corrected chi connectivity index (χ4v) is 2.20. The molecule has 0 radical (unpaired) electrons. The number of halogens is 1. The summed E-state index contributed by atoms with van der Waals surface area (Å²) in [6.07, 6.45) is 2.75. The van der Waals surface area contributed by atoms with Crippen LogP contribution in [0.15, 0.2) is 30.6 Å². The highest BCUT2D eigenvalue weighted by Gasteiger charge is 2.22. The SMILES string of the molecule is Fc1ccc(-n2cnnc2C2CCNC2)cc1. The van der Waals surface area contributed by atoms with Crippen molar-refractivity contribution in [3.05, 3.63) is 42.2 Å². The molecule has 1 aromatic heterocycles. The normalized spacial score (nSPS) is 19.7. The van der Waals surface area contributed by atoms with Gasteiger partial charge < -0.3 is 5.32 Å². The zero-order chi connectivity index (χ0) is 11.7. The maximum Gasteiger partial charge on any atom is 0.141 e. The molecule has 1 aliphatic rings. The topological polar surface area (TPSA) is 42.7 Å². The van der Waals surface area contributed by atoms with E-state index in [0.29, 0.717) is 5.92 Å². The third-order valence-electron chi connectivity index (χ3n) is 3.10. The first-order valence-corrected chi connectivity index (χ1v) is 5.71. The molecule has 0 aliphatic carbocycles. The molecule has 1 aliphatic heterocycles. The van der Waals surface area contributed by atoms with Gasteiger partial charge in [-0.3, -0.25) is 4.57 Å². The minimum absolute atomic E-state index is 0.231. The molecule has 1 aromatic carbocycles. The van der Waals surface area contributed by atoms with E-state index in [1.54, 1.807) is 18.5 Å². The number of rotatable bonds is 2. The van der Waals surface area contributed by atoms with Gasteiger partial charge in [0.15, 0.2) is 0 Å². The first kappa shape index (κ1) is 10.4. The molecule has 0 saturated carbocycles. The lowest BCUT2D eigenvalue weighted by molar-refractivity contribution is 0.626. The molecule has 1 unspecified atom stereocenters. The summed E-state index contributed by atoms with van der Waals surface area (Å²) < 4.78 is 14.8. The third kappa shape index (κ3) is 1.93. The van der Waals surface area contributed by atoms with Crippen molar-refractivity contribution < 1.29 is 4.39 Å². The number of nitrogens with one attached hydrogen (secondary N) is 1. The van der Waals surface area contributed by atoms with Gasteiger partial charge in [-0.15, -0.1) is 10.2 Å². The van der Waals surface area contributed by atoms with Gasteiger partial charge in [0.25, 0.3) is 0 Å². The van der Waals surface area contributed by atoms with E-state index in [0.717, 1.165) is 31.0 Å². The zero-order valence-electron chi connectivity index (χ0n) is 9.31. The molecule has 1 saturated heterocycles. The second-order valence-corrected chi connectivity index (χ2v) is 4.23. The largest absolute Gasteiger partial charge is 0.316 e. The number of benzene rings is 1. The Labute approximate surface area is 98.5 Å². The molecule has 17 heavy (non-hydrogen) atoms. The van der Waals surface area contributed by atoms with E-state index in [9.17, 15) is 4.39 Å². The average molecular weight is 232 g/mol. The molecular weight excluding hydrogens is 219 g/mol. The van der Waals surface area contributed by atoms with Crippen molar-refractivity contribution >= 4 is 0 Å². The van der Waals surface area contributed by atoms with Crippen LogP contribution < -0.4 is 5.32 Å². The van der Waals surface area contributed by atoms with Crippen LogP contribution in [0, 0.1) is 5.82 Å². The van der Waals surface area contributed by atoms with E-state index in [-0.39, 0.29) is 5.82 Å². The first-order chi connectivity index (χ1) is 8.34. The van der Waals surface area contributed by atoms with Gasteiger partial charge in [-0.05, 0) is 37.2 Å². The maximum atomic E-state index is 12.9. The number of aromatic nitrogens is 3. The van der Waals surface area contributed by atoms with Crippen molar-refractivity contribution in [1.29, 1.82) is 0 Å². The highest BCUT2D eigenvalue weighted by atomic mass is 19.1. The van der Waals surface area contributed by atoms with Gasteiger partial charge in [0.2, 0.25) is 0 Å². The molecule has 0 bridgehead atoms. The van der Waals surface area contributed by atoms with Crippen molar-refractivity contribution in [2.45, 2.75) is 12.3 Å². The Morgan fingerprint density at radius 2 is 2.12 bits per heavy atom. The van der Waals surface area contributed by atoms with E-state index in [4.69, 9.17) is 0 Å². The van der Waals surface area contributed by atoms with Crippen LogP contribution >= 0.6 is 0 Å². The van der Waals surface area contributed by atoms with Crippen LogP contribution in [-0.2, 0) is 0 Å². The van der Waals surface area contributed by atoms with Crippen LogP contribution in [0.2, 0.25) is 0 Å². The summed E-state index contributed by atoms with van der Waals surface area (Å²) in [7, 11) is 0. The summed E-state index contributed by atoms with van der Waals surface area (Å²) >= 11 is 0. The molecule has 2 heterocycles. The van der Waals surface area contributed by atoms with Crippen LogP contribution in [0.4, 0.5) is 4.39 Å². The van der Waals surface area contributed by atoms with Crippen LogP contribution in [0.25, 0.3) is 5.69 Å². The number of nitrogens with zero attached hydrogens (tertiary/aromatic N) is 3. The van der Waals surface area contributed by atoms with Crippen LogP contribution in [-0.4, -0.2) is 27.9 Å². The van der Waals surface area contributed by atoms with Gasteiger partial charge in [0, 0.05) is 18.2 Å². The second kappa shape index (κ2) is 4.25. The van der Waals surface area contributed by atoms with Crippen LogP contribution in [0.3, 0.4) is 0 Å². The van der Waals surface area contributed by atoms with Crippen LogP contribution in [0.5, 0.6) is 0 Å². The van der Waals surface area contributed by atoms with E-state index in [1.165, 1.54) is 12.1 Å². The molecule has 0 amide bonds. The fourth-order valence-electron chi connectivity index (χ4n) is 2.20. The second-order valence-electron chi connectivity index (χ2n) is 4.23. The van der Waals surface area contributed by atoms with Gasteiger partial charge in [0.1, 0.15) is 18.0 Å². The lowest BCUT2D eigenvalue weighted by atomic mass is 10.1. The molecular formula is C12H13FN4. The van der Waals surface area contributed by atoms with Gasteiger partial charge in [-0.2, -0.15) is 0 Å².